The van der Waals surface area contributed by atoms with E-state index in [9.17, 15) is 4.79 Å². The first-order valence-corrected chi connectivity index (χ1v) is 9.63. The van der Waals surface area contributed by atoms with E-state index >= 15 is 0 Å². The minimum Gasteiger partial charge on any atom is -0.490 e. The Balaban J connectivity index is 1.37. The van der Waals surface area contributed by atoms with Crippen LogP contribution in [0, 0.1) is 5.92 Å². The Hall–Kier alpha value is -3.08. The van der Waals surface area contributed by atoms with E-state index in [1.807, 2.05) is 16.7 Å². The predicted octanol–water partition coefficient (Wildman–Crippen LogP) is 3.95. The van der Waals surface area contributed by atoms with Crippen LogP contribution in [0.4, 0.5) is 0 Å². The van der Waals surface area contributed by atoms with Crippen LogP contribution in [0.1, 0.15) is 19.4 Å². The third kappa shape index (κ3) is 4.25. The molecule has 0 saturated carbocycles. The van der Waals surface area contributed by atoms with Crippen LogP contribution in [-0.4, -0.2) is 22.3 Å². The van der Waals surface area contributed by atoms with Gasteiger partial charge >= 0.3 is 0 Å². The maximum atomic E-state index is 11.3. The highest BCUT2D eigenvalue weighted by molar-refractivity contribution is 5.64. The summed E-state index contributed by atoms with van der Waals surface area (Å²) in [5.41, 5.74) is 3.46. The highest BCUT2D eigenvalue weighted by Gasteiger charge is 2.23. The summed E-state index contributed by atoms with van der Waals surface area (Å²) in [4.78, 5) is 15.2. The van der Waals surface area contributed by atoms with Crippen molar-refractivity contribution in [3.05, 3.63) is 76.7 Å². The predicted molar refractivity (Wildman–Crippen MR) is 109 cm³/mol. The molecule has 2 heterocycles. The van der Waals surface area contributed by atoms with Gasteiger partial charge in [0.25, 0.3) is 11.6 Å². The number of rotatable bonds is 6. The SMILES string of the molecule is CC(C)Cc1cccc(-c2ccc(OCC3Cn4ccc(=O)nc4O3)cc2)c1. The Morgan fingerprint density at radius 3 is 2.75 bits per heavy atom. The lowest BCUT2D eigenvalue weighted by molar-refractivity contribution is 0.143. The average molecular weight is 376 g/mol. The molecule has 1 aliphatic heterocycles. The van der Waals surface area contributed by atoms with Crippen molar-refractivity contribution in [3.63, 3.8) is 0 Å². The van der Waals surface area contributed by atoms with Gasteiger partial charge in [-0.2, -0.15) is 4.98 Å². The van der Waals surface area contributed by atoms with E-state index in [-0.39, 0.29) is 11.7 Å². The molecule has 4 rings (SSSR count). The standard InChI is InChI=1S/C23H24N2O3/c1-16(2)12-17-4-3-5-19(13-17)18-6-8-20(9-7-18)27-15-21-14-25-11-10-22(26)24-23(25)28-21/h3-11,13,16,21H,12,14-15H2,1-2H3. The van der Waals surface area contributed by atoms with Gasteiger partial charge in [-0.05, 0) is 41.2 Å². The smallest absolute Gasteiger partial charge is 0.300 e. The lowest BCUT2D eigenvalue weighted by Gasteiger charge is -2.12. The molecule has 1 aliphatic rings. The molecule has 2 aromatic carbocycles. The molecule has 5 nitrogen and oxygen atoms in total. The van der Waals surface area contributed by atoms with Gasteiger partial charge in [0.05, 0.1) is 6.54 Å². The van der Waals surface area contributed by atoms with Crippen molar-refractivity contribution in [2.45, 2.75) is 32.9 Å². The number of aromatic nitrogens is 2. The Kier molecular flexibility index (Phi) is 5.15. The molecule has 0 saturated heterocycles. The maximum absolute atomic E-state index is 11.3. The summed E-state index contributed by atoms with van der Waals surface area (Å²) >= 11 is 0. The number of fused-ring (bicyclic) bond motifs is 1. The van der Waals surface area contributed by atoms with Gasteiger partial charge in [0.2, 0.25) is 0 Å². The van der Waals surface area contributed by atoms with Crippen LogP contribution in [-0.2, 0) is 13.0 Å². The lowest BCUT2D eigenvalue weighted by Crippen LogP contribution is -2.23. The number of hydrogen-bond acceptors (Lipinski definition) is 4. The van der Waals surface area contributed by atoms with Gasteiger partial charge in [0, 0.05) is 12.3 Å². The minimum absolute atomic E-state index is 0.151. The highest BCUT2D eigenvalue weighted by atomic mass is 16.6. The van der Waals surface area contributed by atoms with Crippen molar-refractivity contribution in [3.8, 4) is 22.9 Å². The second kappa shape index (κ2) is 7.89. The molecule has 0 bridgehead atoms. The van der Waals surface area contributed by atoms with Gasteiger partial charge in [-0.3, -0.25) is 9.36 Å². The molecule has 0 N–H and O–H groups in total. The van der Waals surface area contributed by atoms with E-state index in [1.165, 1.54) is 22.8 Å². The van der Waals surface area contributed by atoms with Gasteiger partial charge in [0.15, 0.2) is 6.10 Å². The van der Waals surface area contributed by atoms with Crippen LogP contribution in [0.2, 0.25) is 0 Å². The largest absolute Gasteiger partial charge is 0.490 e. The molecule has 1 unspecified atom stereocenters. The van der Waals surface area contributed by atoms with Crippen LogP contribution in [0.25, 0.3) is 11.1 Å². The molecule has 28 heavy (non-hydrogen) atoms. The first kappa shape index (κ1) is 18.3. The number of ether oxygens (including phenoxy) is 2. The molecule has 0 spiro atoms. The van der Waals surface area contributed by atoms with Crippen molar-refractivity contribution >= 4 is 0 Å². The lowest BCUT2D eigenvalue weighted by atomic mass is 9.98. The quantitative estimate of drug-likeness (QED) is 0.654. The van der Waals surface area contributed by atoms with Gasteiger partial charge in [-0.15, -0.1) is 0 Å². The molecule has 1 atom stereocenters. The maximum Gasteiger partial charge on any atom is 0.300 e. The first-order valence-electron chi connectivity index (χ1n) is 9.63. The number of nitrogens with zero attached hydrogens (tertiary/aromatic N) is 2. The third-order valence-electron chi connectivity index (χ3n) is 4.72. The van der Waals surface area contributed by atoms with Crippen LogP contribution in [0.5, 0.6) is 11.8 Å². The zero-order valence-electron chi connectivity index (χ0n) is 16.2. The van der Waals surface area contributed by atoms with Gasteiger partial charge in [-0.1, -0.05) is 50.2 Å². The molecule has 144 valence electrons. The zero-order valence-corrected chi connectivity index (χ0v) is 16.2. The highest BCUT2D eigenvalue weighted by Crippen LogP contribution is 2.25. The van der Waals surface area contributed by atoms with E-state index in [0.717, 1.165) is 12.2 Å². The molecular weight excluding hydrogens is 352 g/mol. The molecule has 5 heteroatoms. The summed E-state index contributed by atoms with van der Waals surface area (Å²) < 4.78 is 13.4. The van der Waals surface area contributed by atoms with E-state index in [4.69, 9.17) is 9.47 Å². The molecule has 3 aromatic rings. The van der Waals surface area contributed by atoms with Crippen LogP contribution < -0.4 is 15.0 Å². The Morgan fingerprint density at radius 1 is 1.14 bits per heavy atom. The van der Waals surface area contributed by atoms with Crippen molar-refractivity contribution in [1.29, 1.82) is 0 Å². The summed E-state index contributed by atoms with van der Waals surface area (Å²) in [5.74, 6) is 1.44. The van der Waals surface area contributed by atoms with E-state index < -0.39 is 0 Å². The fourth-order valence-corrected chi connectivity index (χ4v) is 3.42. The summed E-state index contributed by atoms with van der Waals surface area (Å²) in [6.07, 6.45) is 2.63. The normalized spacial score (nSPS) is 15.3. The first-order chi connectivity index (χ1) is 13.6. The van der Waals surface area contributed by atoms with Crippen molar-refractivity contribution in [1.82, 2.24) is 9.55 Å². The third-order valence-corrected chi connectivity index (χ3v) is 4.72. The van der Waals surface area contributed by atoms with Crippen LogP contribution in [0.3, 0.4) is 0 Å². The van der Waals surface area contributed by atoms with E-state index in [1.54, 1.807) is 6.20 Å². The summed E-state index contributed by atoms with van der Waals surface area (Å²) in [6, 6.07) is 18.6. The van der Waals surface area contributed by atoms with Crippen molar-refractivity contribution in [2.75, 3.05) is 6.61 Å². The number of benzene rings is 2. The van der Waals surface area contributed by atoms with Crippen LogP contribution >= 0.6 is 0 Å². The Morgan fingerprint density at radius 2 is 1.96 bits per heavy atom. The van der Waals surface area contributed by atoms with Gasteiger partial charge in [-0.25, -0.2) is 0 Å². The molecule has 0 amide bonds. The van der Waals surface area contributed by atoms with Crippen LogP contribution in [0.15, 0.2) is 65.6 Å². The Bertz CT molecular complexity index is 1010. The number of hydrogen-bond donors (Lipinski definition) is 0. The molecule has 0 fully saturated rings. The summed E-state index contributed by atoms with van der Waals surface area (Å²) in [5, 5.41) is 0. The van der Waals surface area contributed by atoms with Gasteiger partial charge < -0.3 is 9.47 Å². The van der Waals surface area contributed by atoms with Crippen molar-refractivity contribution in [2.24, 2.45) is 5.92 Å². The average Bonchev–Trinajstić information content (AvgIpc) is 3.08. The Labute approximate surface area is 164 Å². The molecule has 1 aromatic heterocycles. The fourth-order valence-electron chi connectivity index (χ4n) is 3.42. The second-order valence-electron chi connectivity index (χ2n) is 7.57. The second-order valence-corrected chi connectivity index (χ2v) is 7.57. The molecule has 0 radical (unpaired) electrons. The summed E-state index contributed by atoms with van der Waals surface area (Å²) in [7, 11) is 0. The van der Waals surface area contributed by atoms with Crippen molar-refractivity contribution < 1.29 is 9.47 Å². The zero-order chi connectivity index (χ0) is 19.5. The molecular formula is C23H24N2O3. The van der Waals surface area contributed by atoms with E-state index in [0.29, 0.717) is 25.1 Å². The summed E-state index contributed by atoms with van der Waals surface area (Å²) in [6.45, 7) is 5.50. The molecule has 0 aliphatic carbocycles. The minimum atomic E-state index is -0.291. The van der Waals surface area contributed by atoms with Gasteiger partial charge in [0.1, 0.15) is 12.4 Å². The monoisotopic (exact) mass is 376 g/mol. The fraction of sp³-hybridized carbons (Fsp3) is 0.304. The topological polar surface area (TPSA) is 53.4 Å². The van der Waals surface area contributed by atoms with E-state index in [2.05, 4.69) is 55.2 Å².